The van der Waals surface area contributed by atoms with Crippen LogP contribution in [0.25, 0.3) is 0 Å². The Labute approximate surface area is 98.9 Å². The zero-order valence-electron chi connectivity index (χ0n) is 8.77. The van der Waals surface area contributed by atoms with Crippen molar-refractivity contribution in [3.8, 4) is 0 Å². The van der Waals surface area contributed by atoms with Gasteiger partial charge in [0.05, 0.1) is 0 Å². The van der Waals surface area contributed by atoms with Gasteiger partial charge in [-0.25, -0.2) is 9.97 Å². The molecule has 0 bridgehead atoms. The number of hydrogen-bond donors (Lipinski definition) is 1. The summed E-state index contributed by atoms with van der Waals surface area (Å²) < 4.78 is 0. The van der Waals surface area contributed by atoms with Crippen LogP contribution in [0.2, 0.25) is 0 Å². The van der Waals surface area contributed by atoms with Crippen molar-refractivity contribution in [1.82, 2.24) is 9.97 Å². The molecule has 2 heterocycles. The Morgan fingerprint density at radius 1 is 1.53 bits per heavy atom. The predicted octanol–water partition coefficient (Wildman–Crippen LogP) is 2.05. The average Bonchev–Trinajstić information content (AvgIpc) is 2.28. The maximum Gasteiger partial charge on any atom is 0.129 e. The molecule has 0 saturated carbocycles. The smallest absolute Gasteiger partial charge is 0.129 e. The van der Waals surface area contributed by atoms with Gasteiger partial charge < -0.3 is 5.32 Å². The van der Waals surface area contributed by atoms with Crippen LogP contribution < -0.4 is 5.32 Å². The minimum absolute atomic E-state index is 0.721. The van der Waals surface area contributed by atoms with Gasteiger partial charge in [0, 0.05) is 35.3 Å². The van der Waals surface area contributed by atoms with Crippen molar-refractivity contribution in [2.75, 3.05) is 29.1 Å². The highest BCUT2D eigenvalue weighted by molar-refractivity contribution is 8.06. The zero-order valence-corrected chi connectivity index (χ0v) is 10.4. The largest absolute Gasteiger partial charge is 0.369 e. The molecule has 1 unspecified atom stereocenters. The van der Waals surface area contributed by atoms with Crippen molar-refractivity contribution < 1.29 is 0 Å². The van der Waals surface area contributed by atoms with Crippen LogP contribution >= 0.6 is 23.5 Å². The summed E-state index contributed by atoms with van der Waals surface area (Å²) in [7, 11) is 0. The lowest BCUT2D eigenvalue weighted by molar-refractivity contribution is 0.972. The topological polar surface area (TPSA) is 37.8 Å². The third-order valence-corrected chi connectivity index (χ3v) is 5.02. The van der Waals surface area contributed by atoms with E-state index < -0.39 is 0 Å². The second-order valence-electron chi connectivity index (χ2n) is 3.44. The summed E-state index contributed by atoms with van der Waals surface area (Å²) in [6, 6.07) is 1.92. The van der Waals surface area contributed by atoms with Crippen LogP contribution in [0.5, 0.6) is 0 Å². The first-order valence-electron chi connectivity index (χ1n) is 5.07. The van der Waals surface area contributed by atoms with Gasteiger partial charge in [0.25, 0.3) is 0 Å². The standard InChI is InChI=1S/C10H15N3S2/c1-8-11-3-2-10(13-8)12-6-9-7-14-4-5-15-9/h2-3,9H,4-7H2,1H3,(H,11,12,13). The third kappa shape index (κ3) is 3.57. The fourth-order valence-electron chi connectivity index (χ4n) is 1.43. The minimum atomic E-state index is 0.721. The molecule has 15 heavy (non-hydrogen) atoms. The fourth-order valence-corrected chi connectivity index (χ4v) is 4.04. The molecule has 2 rings (SSSR count). The fraction of sp³-hybridized carbons (Fsp3) is 0.600. The normalized spacial score (nSPS) is 21.3. The summed E-state index contributed by atoms with van der Waals surface area (Å²) in [6.07, 6.45) is 1.80. The van der Waals surface area contributed by atoms with Crippen LogP contribution in [0, 0.1) is 6.92 Å². The number of aromatic nitrogens is 2. The molecule has 0 aliphatic carbocycles. The highest BCUT2D eigenvalue weighted by Gasteiger charge is 2.13. The van der Waals surface area contributed by atoms with E-state index in [1.807, 2.05) is 24.8 Å². The van der Waals surface area contributed by atoms with E-state index in [4.69, 9.17) is 0 Å². The number of aryl methyl sites for hydroxylation is 1. The summed E-state index contributed by atoms with van der Waals surface area (Å²) in [5, 5.41) is 4.09. The van der Waals surface area contributed by atoms with Crippen LogP contribution in [-0.4, -0.2) is 39.0 Å². The molecule has 0 spiro atoms. The maximum absolute atomic E-state index is 4.32. The lowest BCUT2D eigenvalue weighted by Gasteiger charge is -2.21. The maximum atomic E-state index is 4.32. The molecule has 5 heteroatoms. The molecule has 1 aliphatic rings. The van der Waals surface area contributed by atoms with Gasteiger partial charge in [-0.3, -0.25) is 0 Å². The van der Waals surface area contributed by atoms with Gasteiger partial charge in [-0.1, -0.05) is 0 Å². The molecular formula is C10H15N3S2. The lowest BCUT2D eigenvalue weighted by atomic mass is 10.4. The Balaban J connectivity index is 1.81. The SMILES string of the molecule is Cc1nccc(NCC2CSCCS2)n1. The molecule has 0 aromatic carbocycles. The zero-order chi connectivity index (χ0) is 10.5. The number of nitrogens with zero attached hydrogens (tertiary/aromatic N) is 2. The number of hydrogen-bond acceptors (Lipinski definition) is 5. The molecule has 1 aromatic rings. The van der Waals surface area contributed by atoms with Crippen LogP contribution in [0.15, 0.2) is 12.3 Å². The first-order chi connectivity index (χ1) is 7.34. The highest BCUT2D eigenvalue weighted by Crippen LogP contribution is 2.23. The van der Waals surface area contributed by atoms with Gasteiger partial charge in [0.2, 0.25) is 0 Å². The van der Waals surface area contributed by atoms with Crippen LogP contribution in [-0.2, 0) is 0 Å². The Morgan fingerprint density at radius 3 is 3.20 bits per heavy atom. The van der Waals surface area contributed by atoms with Gasteiger partial charge >= 0.3 is 0 Å². The molecule has 1 fully saturated rings. The molecule has 1 N–H and O–H groups in total. The number of anilines is 1. The molecule has 1 saturated heterocycles. The monoisotopic (exact) mass is 241 g/mol. The van der Waals surface area contributed by atoms with E-state index in [1.165, 1.54) is 17.3 Å². The number of nitrogens with one attached hydrogen (secondary N) is 1. The van der Waals surface area contributed by atoms with E-state index in [0.717, 1.165) is 23.4 Å². The van der Waals surface area contributed by atoms with E-state index in [1.54, 1.807) is 6.20 Å². The number of thioether (sulfide) groups is 2. The summed E-state index contributed by atoms with van der Waals surface area (Å²) >= 11 is 4.11. The van der Waals surface area contributed by atoms with E-state index in [2.05, 4.69) is 27.0 Å². The van der Waals surface area contributed by atoms with Gasteiger partial charge in [0.15, 0.2) is 0 Å². The van der Waals surface area contributed by atoms with Gasteiger partial charge in [-0.15, -0.1) is 0 Å². The predicted molar refractivity (Wildman–Crippen MR) is 68.8 cm³/mol. The molecule has 82 valence electrons. The van der Waals surface area contributed by atoms with E-state index >= 15 is 0 Å². The van der Waals surface area contributed by atoms with E-state index in [0.29, 0.717) is 0 Å². The minimum Gasteiger partial charge on any atom is -0.369 e. The first kappa shape index (κ1) is 11.1. The van der Waals surface area contributed by atoms with Crippen molar-refractivity contribution in [2.45, 2.75) is 12.2 Å². The molecule has 1 atom stereocenters. The molecule has 1 aliphatic heterocycles. The summed E-state index contributed by atoms with van der Waals surface area (Å²) in [6.45, 7) is 2.92. The van der Waals surface area contributed by atoms with Crippen molar-refractivity contribution in [3.63, 3.8) is 0 Å². The van der Waals surface area contributed by atoms with Crippen molar-refractivity contribution in [1.29, 1.82) is 0 Å². The van der Waals surface area contributed by atoms with Crippen molar-refractivity contribution >= 4 is 29.3 Å². The molecular weight excluding hydrogens is 226 g/mol. The molecule has 3 nitrogen and oxygen atoms in total. The molecule has 1 aromatic heterocycles. The first-order valence-corrected chi connectivity index (χ1v) is 7.28. The summed E-state index contributed by atoms with van der Waals surface area (Å²) in [5.74, 6) is 5.60. The Hall–Kier alpha value is -0.420. The Bertz CT molecular complexity index is 313. The van der Waals surface area contributed by atoms with Gasteiger partial charge in [-0.05, 0) is 13.0 Å². The quantitative estimate of drug-likeness (QED) is 0.876. The molecule has 0 amide bonds. The van der Waals surface area contributed by atoms with Gasteiger partial charge in [-0.2, -0.15) is 23.5 Å². The Morgan fingerprint density at radius 2 is 2.47 bits per heavy atom. The highest BCUT2D eigenvalue weighted by atomic mass is 32.2. The summed E-state index contributed by atoms with van der Waals surface area (Å²) in [4.78, 5) is 8.39. The van der Waals surface area contributed by atoms with Crippen LogP contribution in [0.4, 0.5) is 5.82 Å². The van der Waals surface area contributed by atoms with Crippen LogP contribution in [0.3, 0.4) is 0 Å². The van der Waals surface area contributed by atoms with Crippen molar-refractivity contribution in [2.24, 2.45) is 0 Å². The van der Waals surface area contributed by atoms with Gasteiger partial charge in [0.1, 0.15) is 11.6 Å². The Kier molecular flexibility index (Phi) is 4.14. The van der Waals surface area contributed by atoms with E-state index in [-0.39, 0.29) is 0 Å². The molecule has 0 radical (unpaired) electrons. The third-order valence-electron chi connectivity index (χ3n) is 2.17. The lowest BCUT2D eigenvalue weighted by Crippen LogP contribution is -2.23. The summed E-state index contributed by atoms with van der Waals surface area (Å²) in [5.41, 5.74) is 0. The van der Waals surface area contributed by atoms with Crippen molar-refractivity contribution in [3.05, 3.63) is 18.1 Å². The second-order valence-corrected chi connectivity index (χ2v) is 6.00. The van der Waals surface area contributed by atoms with Crippen LogP contribution in [0.1, 0.15) is 5.82 Å². The number of rotatable bonds is 3. The second kappa shape index (κ2) is 5.61. The van der Waals surface area contributed by atoms with E-state index in [9.17, 15) is 0 Å². The average molecular weight is 241 g/mol.